The number of esters is 1. The minimum absolute atomic E-state index is 0.142. The van der Waals surface area contributed by atoms with Crippen LogP contribution < -0.4 is 10.2 Å². The lowest BCUT2D eigenvalue weighted by Gasteiger charge is -2.04. The molecule has 0 saturated carbocycles. The highest BCUT2D eigenvalue weighted by molar-refractivity contribution is 7.98. The number of aromatic nitrogens is 3. The van der Waals surface area contributed by atoms with Gasteiger partial charge in [-0.1, -0.05) is 30.0 Å². The lowest BCUT2D eigenvalue weighted by atomic mass is 10.2. The van der Waals surface area contributed by atoms with Crippen LogP contribution in [0.3, 0.4) is 0 Å². The molecule has 0 saturated heterocycles. The standard InChI is InChI=1S/C16H13N3O4S/c1-19-10-17-18-16(19)24-9-12-7-13(20)14(8-22-12)23-15(21)11-5-3-2-4-6-11/h2-8,10H,9H2,1H3. The Morgan fingerprint density at radius 2 is 2.12 bits per heavy atom. The molecule has 0 atom stereocenters. The van der Waals surface area contributed by atoms with E-state index in [1.165, 1.54) is 17.8 Å². The number of thioether (sulfide) groups is 1. The van der Waals surface area contributed by atoms with E-state index in [0.29, 0.717) is 22.2 Å². The van der Waals surface area contributed by atoms with Gasteiger partial charge in [0.15, 0.2) is 5.16 Å². The van der Waals surface area contributed by atoms with Crippen LogP contribution in [0.25, 0.3) is 0 Å². The second-order valence-electron chi connectivity index (χ2n) is 4.84. The average molecular weight is 343 g/mol. The molecule has 1 aromatic carbocycles. The van der Waals surface area contributed by atoms with E-state index < -0.39 is 11.4 Å². The molecule has 0 N–H and O–H groups in total. The van der Waals surface area contributed by atoms with Crippen LogP contribution >= 0.6 is 11.8 Å². The van der Waals surface area contributed by atoms with Gasteiger partial charge >= 0.3 is 5.97 Å². The van der Waals surface area contributed by atoms with Crippen LogP contribution in [-0.4, -0.2) is 20.7 Å². The summed E-state index contributed by atoms with van der Waals surface area (Å²) in [5.41, 5.74) is -0.0575. The van der Waals surface area contributed by atoms with E-state index in [2.05, 4.69) is 10.2 Å². The number of nitrogens with zero attached hydrogens (tertiary/aromatic N) is 3. The Bertz CT molecular complexity index is 905. The molecule has 122 valence electrons. The molecule has 0 fully saturated rings. The first kappa shape index (κ1) is 16.0. The van der Waals surface area contributed by atoms with Crippen molar-refractivity contribution in [2.75, 3.05) is 0 Å². The van der Waals surface area contributed by atoms with Gasteiger partial charge in [0.1, 0.15) is 18.4 Å². The maximum absolute atomic E-state index is 12.1. The zero-order valence-corrected chi connectivity index (χ0v) is 13.5. The molecule has 3 aromatic rings. The predicted molar refractivity (Wildman–Crippen MR) is 86.9 cm³/mol. The number of aryl methyl sites for hydroxylation is 1. The molecule has 0 spiro atoms. The molecular formula is C16H13N3O4S. The number of benzene rings is 1. The van der Waals surface area contributed by atoms with E-state index in [0.717, 1.165) is 6.26 Å². The summed E-state index contributed by atoms with van der Waals surface area (Å²) < 4.78 is 12.2. The zero-order chi connectivity index (χ0) is 16.9. The molecule has 8 heteroatoms. The van der Waals surface area contributed by atoms with Gasteiger partial charge in [0, 0.05) is 13.1 Å². The quantitative estimate of drug-likeness (QED) is 0.519. The molecule has 2 aromatic heterocycles. The Morgan fingerprint density at radius 3 is 2.79 bits per heavy atom. The number of carbonyl (C=O) groups is 1. The van der Waals surface area contributed by atoms with Gasteiger partial charge in [0.05, 0.1) is 11.3 Å². The number of rotatable bonds is 5. The molecule has 7 nitrogen and oxygen atoms in total. The Balaban J connectivity index is 1.67. The summed E-state index contributed by atoms with van der Waals surface area (Å²) in [6.07, 6.45) is 2.74. The maximum atomic E-state index is 12.1. The van der Waals surface area contributed by atoms with Gasteiger partial charge in [-0.2, -0.15) is 0 Å². The fourth-order valence-electron chi connectivity index (χ4n) is 1.86. The van der Waals surface area contributed by atoms with Gasteiger partial charge < -0.3 is 13.7 Å². The summed E-state index contributed by atoms with van der Waals surface area (Å²) in [5, 5.41) is 8.41. The van der Waals surface area contributed by atoms with Crippen LogP contribution in [0.1, 0.15) is 16.1 Å². The van der Waals surface area contributed by atoms with Crippen LogP contribution in [0.5, 0.6) is 5.75 Å². The van der Waals surface area contributed by atoms with E-state index in [4.69, 9.17) is 9.15 Å². The van der Waals surface area contributed by atoms with Crippen molar-refractivity contribution >= 4 is 17.7 Å². The van der Waals surface area contributed by atoms with E-state index in [-0.39, 0.29) is 5.75 Å². The van der Waals surface area contributed by atoms with Crippen molar-refractivity contribution in [3.8, 4) is 5.75 Å². The van der Waals surface area contributed by atoms with Crippen LogP contribution in [-0.2, 0) is 12.8 Å². The van der Waals surface area contributed by atoms with Crippen molar-refractivity contribution in [3.05, 3.63) is 70.5 Å². The van der Waals surface area contributed by atoms with Gasteiger partial charge in [-0.15, -0.1) is 10.2 Å². The lowest BCUT2D eigenvalue weighted by molar-refractivity contribution is 0.0729. The number of ether oxygens (including phenoxy) is 1. The minimum atomic E-state index is -0.607. The van der Waals surface area contributed by atoms with Gasteiger partial charge in [0.2, 0.25) is 11.2 Å². The molecule has 0 aliphatic rings. The maximum Gasteiger partial charge on any atom is 0.343 e. The van der Waals surface area contributed by atoms with Crippen molar-refractivity contribution in [3.63, 3.8) is 0 Å². The Morgan fingerprint density at radius 1 is 1.33 bits per heavy atom. The number of carbonyl (C=O) groups excluding carboxylic acids is 1. The van der Waals surface area contributed by atoms with Crippen molar-refractivity contribution in [2.24, 2.45) is 7.05 Å². The summed E-state index contributed by atoms with van der Waals surface area (Å²) >= 11 is 1.38. The van der Waals surface area contributed by atoms with Crippen molar-refractivity contribution in [1.82, 2.24) is 14.8 Å². The predicted octanol–water partition coefficient (Wildman–Crippen LogP) is 2.28. The Kier molecular flexibility index (Phi) is 4.76. The molecule has 0 aliphatic carbocycles. The van der Waals surface area contributed by atoms with Crippen molar-refractivity contribution in [2.45, 2.75) is 10.9 Å². The first-order valence-corrected chi connectivity index (χ1v) is 7.98. The third-order valence-electron chi connectivity index (χ3n) is 3.08. The molecule has 2 heterocycles. The average Bonchev–Trinajstić information content (AvgIpc) is 3.01. The highest BCUT2D eigenvalue weighted by Crippen LogP contribution is 2.20. The summed E-state index contributed by atoms with van der Waals surface area (Å²) in [7, 11) is 1.82. The molecule has 0 aliphatic heterocycles. The second kappa shape index (κ2) is 7.14. The van der Waals surface area contributed by atoms with E-state index in [1.807, 2.05) is 7.05 Å². The Labute approximate surface area is 141 Å². The van der Waals surface area contributed by atoms with Gasteiger partial charge in [-0.05, 0) is 12.1 Å². The highest BCUT2D eigenvalue weighted by atomic mass is 32.2. The number of hydrogen-bond donors (Lipinski definition) is 0. The second-order valence-corrected chi connectivity index (χ2v) is 5.79. The first-order valence-electron chi connectivity index (χ1n) is 6.99. The van der Waals surface area contributed by atoms with Gasteiger partial charge in [-0.25, -0.2) is 4.79 Å². The van der Waals surface area contributed by atoms with Crippen molar-refractivity contribution < 1.29 is 13.9 Å². The van der Waals surface area contributed by atoms with Gasteiger partial charge in [0.25, 0.3) is 0 Å². The third kappa shape index (κ3) is 3.72. The lowest BCUT2D eigenvalue weighted by Crippen LogP contribution is -2.14. The fraction of sp³-hybridized carbons (Fsp3) is 0.125. The zero-order valence-electron chi connectivity index (χ0n) is 12.7. The SMILES string of the molecule is Cn1cnnc1SCc1cc(=O)c(OC(=O)c2ccccc2)co1. The molecule has 0 radical (unpaired) electrons. The van der Waals surface area contributed by atoms with E-state index in [9.17, 15) is 9.59 Å². The van der Waals surface area contributed by atoms with Gasteiger partial charge in [-0.3, -0.25) is 4.79 Å². The van der Waals surface area contributed by atoms with Crippen LogP contribution in [0, 0.1) is 0 Å². The summed E-state index contributed by atoms with van der Waals surface area (Å²) in [4.78, 5) is 24.0. The molecule has 0 unspecified atom stereocenters. The normalized spacial score (nSPS) is 10.5. The summed E-state index contributed by atoms with van der Waals surface area (Å²) in [6.45, 7) is 0. The smallest absolute Gasteiger partial charge is 0.343 e. The van der Waals surface area contributed by atoms with E-state index >= 15 is 0 Å². The monoisotopic (exact) mass is 343 g/mol. The van der Waals surface area contributed by atoms with Crippen molar-refractivity contribution in [1.29, 1.82) is 0 Å². The minimum Gasteiger partial charge on any atom is -0.464 e. The van der Waals surface area contributed by atoms with Crippen LogP contribution in [0.4, 0.5) is 0 Å². The largest absolute Gasteiger partial charge is 0.464 e. The molecule has 0 amide bonds. The number of hydrogen-bond acceptors (Lipinski definition) is 7. The Hall–Kier alpha value is -2.87. The molecule has 3 rings (SSSR count). The topological polar surface area (TPSA) is 87.2 Å². The van der Waals surface area contributed by atoms with E-state index in [1.54, 1.807) is 41.2 Å². The summed E-state index contributed by atoms with van der Waals surface area (Å²) in [5.74, 6) is 0.113. The highest BCUT2D eigenvalue weighted by Gasteiger charge is 2.12. The first-order chi connectivity index (χ1) is 11.6. The molecular weight excluding hydrogens is 330 g/mol. The fourth-order valence-corrected chi connectivity index (χ4v) is 2.64. The molecule has 0 bridgehead atoms. The van der Waals surface area contributed by atoms with Crippen LogP contribution in [0.2, 0.25) is 0 Å². The van der Waals surface area contributed by atoms with Crippen LogP contribution in [0.15, 0.2) is 63.4 Å². The molecule has 24 heavy (non-hydrogen) atoms. The summed E-state index contributed by atoms with van der Waals surface area (Å²) in [6, 6.07) is 9.73. The third-order valence-corrected chi connectivity index (χ3v) is 4.13.